The zero-order valence-electron chi connectivity index (χ0n) is 33.2. The third-order valence-electron chi connectivity index (χ3n) is 8.79. The van der Waals surface area contributed by atoms with Crippen LogP contribution in [-0.2, 0) is 64.5 Å². The number of anilines is 2. The molecule has 7 rings (SSSR count). The van der Waals surface area contributed by atoms with E-state index in [1.54, 1.807) is 12.1 Å². The van der Waals surface area contributed by atoms with Gasteiger partial charge in [-0.25, -0.2) is 0 Å². The van der Waals surface area contributed by atoms with E-state index in [0.29, 0.717) is 16.8 Å². The number of hydrogen-bond acceptors (Lipinski definition) is 15. The Kier molecular flexibility index (Phi) is 20.3. The molecule has 0 saturated heterocycles. The number of fused-ring (bicyclic) bond motifs is 2. The summed E-state index contributed by atoms with van der Waals surface area (Å²) < 4.78 is 101. The average Bonchev–Trinajstić information content (AvgIpc) is 3.17. The van der Waals surface area contributed by atoms with Crippen LogP contribution in [0.1, 0.15) is 0 Å². The molecule has 64 heavy (non-hydrogen) atoms. The predicted molar refractivity (Wildman–Crippen MR) is 214 cm³/mol. The Hall–Kier alpha value is -2.97. The molecule has 0 atom stereocenters. The van der Waals surface area contributed by atoms with Crippen molar-refractivity contribution in [3.63, 3.8) is 0 Å². The molecule has 322 valence electrons. The average molecular weight is 1050 g/mol. The zero-order valence-corrected chi connectivity index (χ0v) is 43.5. The molecule has 18 nitrogen and oxygen atoms in total. The summed E-state index contributed by atoms with van der Waals surface area (Å²) in [5.74, 6) is -2.59. The van der Waals surface area contributed by atoms with Crippen LogP contribution in [0.4, 0.5) is 34.1 Å². The number of azo groups is 2. The van der Waals surface area contributed by atoms with Crippen LogP contribution in [0.5, 0.6) is 23.0 Å². The summed E-state index contributed by atoms with van der Waals surface area (Å²) >= 11 is 0. The van der Waals surface area contributed by atoms with E-state index in [4.69, 9.17) is 0 Å². The number of para-hydroxylation sites is 1. The van der Waals surface area contributed by atoms with Crippen molar-refractivity contribution in [2.24, 2.45) is 20.5 Å². The van der Waals surface area contributed by atoms with Crippen molar-refractivity contribution in [3.05, 3.63) is 115 Å². The van der Waals surface area contributed by atoms with E-state index in [0.717, 1.165) is 36.0 Å². The van der Waals surface area contributed by atoms with Gasteiger partial charge in [0, 0.05) is 56.3 Å². The Labute approximate surface area is 452 Å². The molecule has 8 N–H and O–H groups in total. The van der Waals surface area contributed by atoms with Crippen molar-refractivity contribution in [1.82, 2.24) is 0 Å². The summed E-state index contributed by atoms with van der Waals surface area (Å²) in [6.07, 6.45) is 0. The number of phenols is 4. The van der Waals surface area contributed by atoms with E-state index in [-0.39, 0.29) is 156 Å². The predicted octanol–water partition coefficient (Wildman–Crippen LogP) is -0.196. The van der Waals surface area contributed by atoms with Crippen molar-refractivity contribution < 1.29 is 182 Å². The van der Waals surface area contributed by atoms with Gasteiger partial charge in [0.25, 0.3) is 30.4 Å². The van der Waals surface area contributed by atoms with E-state index in [9.17, 15) is 59.3 Å². The van der Waals surface area contributed by atoms with E-state index in [1.807, 2.05) is 30.3 Å². The second-order valence-electron chi connectivity index (χ2n) is 12.7. The molecule has 0 amide bonds. The fourth-order valence-electron chi connectivity index (χ4n) is 5.97. The van der Waals surface area contributed by atoms with Crippen LogP contribution >= 0.6 is 0 Å². The normalized spacial score (nSPS) is 11.5. The molecule has 2 radical (unpaired) electrons. The summed E-state index contributed by atoms with van der Waals surface area (Å²) in [6.45, 7) is 0. The first-order chi connectivity index (χ1) is 27.8. The molecule has 0 saturated carbocycles. The number of aromatic hydroxyl groups is 4. The van der Waals surface area contributed by atoms with Gasteiger partial charge in [-0.05, 0) is 94.7 Å². The van der Waals surface area contributed by atoms with Crippen LogP contribution in [0.3, 0.4) is 0 Å². The van der Waals surface area contributed by atoms with Crippen LogP contribution in [0.2, 0.25) is 0 Å². The van der Waals surface area contributed by atoms with E-state index < -0.39 is 79.4 Å². The minimum Gasteiger partial charge on any atom is -0.506 e. The molecular weight excluding hydrogens is 1030 g/mol. The van der Waals surface area contributed by atoms with Crippen LogP contribution in [-0.4, -0.2) is 59.3 Å². The van der Waals surface area contributed by atoms with Gasteiger partial charge < -0.3 is 25.7 Å². The van der Waals surface area contributed by atoms with Crippen LogP contribution in [0.15, 0.2) is 150 Å². The molecule has 0 aliphatic heterocycles. The third-order valence-corrected chi connectivity index (χ3v) is 11.4. The standard InChI is InChI=1S/C38H27N5O13S3.2Cu.3Na/c44-31-15-20(7-12-29(31)40-42-35-27-11-10-26(57(48,49)50)14-23(27)18-34(38(35)47)59(54,55)56)21-8-13-30(32(45)16-21)41-43-36-33(58(51,52)53)17-22-6-9-25(19-28(22)37(36)46)39-24-4-2-1-3-5-24;;;;;/h1-19,39,44-47H,(H,48,49,50)(H,51,52,53)(H,54,55,56);;;;;/q;;;3*+1. The first-order valence-electron chi connectivity index (χ1n) is 16.6. The summed E-state index contributed by atoms with van der Waals surface area (Å²) in [5, 5.41) is 62.5. The van der Waals surface area contributed by atoms with Gasteiger partial charge in [0.15, 0.2) is 11.5 Å². The van der Waals surface area contributed by atoms with Gasteiger partial charge >= 0.3 is 88.7 Å². The number of benzene rings is 7. The second-order valence-corrected chi connectivity index (χ2v) is 16.9. The molecule has 0 aliphatic rings. The molecule has 0 spiro atoms. The SMILES string of the molecule is O=S(=O)(O)c1ccc2c(N=Nc3ccc(-c4ccc(N=Nc5c(S(=O)(=O)O)cc6ccc(Nc7ccccc7)cc6c5O)c(O)c4)cc3O)c(O)c(S(=O)(=O)O)cc2c1.[Cu].[Cu].[Na+].[Na+].[Na+]. The molecule has 0 fully saturated rings. The fourth-order valence-corrected chi connectivity index (χ4v) is 7.76. The summed E-state index contributed by atoms with van der Waals surface area (Å²) in [7, 11) is -14.7. The van der Waals surface area contributed by atoms with Crippen molar-refractivity contribution in [2.45, 2.75) is 14.7 Å². The third kappa shape index (κ3) is 12.7. The largest absolute Gasteiger partial charge is 1.00 e. The van der Waals surface area contributed by atoms with Gasteiger partial charge in [-0.15, -0.1) is 20.5 Å². The van der Waals surface area contributed by atoms with Gasteiger partial charge in [0.1, 0.15) is 44.0 Å². The molecule has 7 aromatic carbocycles. The molecule has 26 heteroatoms. The van der Waals surface area contributed by atoms with Crippen molar-refractivity contribution in [3.8, 4) is 34.1 Å². The molecule has 0 aliphatic carbocycles. The molecule has 0 heterocycles. The first-order valence-corrected chi connectivity index (χ1v) is 20.9. The van der Waals surface area contributed by atoms with Crippen LogP contribution in [0.25, 0.3) is 32.7 Å². The van der Waals surface area contributed by atoms with E-state index in [1.165, 1.54) is 42.5 Å². The molecule has 0 unspecified atom stereocenters. The molecular formula is C38H27Cu2N5Na3O13S3+3. The Balaban J connectivity index is 0.00000282. The van der Waals surface area contributed by atoms with E-state index in [2.05, 4.69) is 25.8 Å². The Morgan fingerprint density at radius 1 is 0.438 bits per heavy atom. The quantitative estimate of drug-likeness (QED) is 0.0501. The van der Waals surface area contributed by atoms with Crippen molar-refractivity contribution in [1.29, 1.82) is 0 Å². The van der Waals surface area contributed by atoms with Gasteiger partial charge in [0.05, 0.1) is 4.90 Å². The first kappa shape index (κ1) is 57.2. The number of nitrogens with one attached hydrogen (secondary N) is 1. The fraction of sp³-hybridized carbons (Fsp3) is 0. The molecule has 0 aromatic heterocycles. The molecule has 7 aromatic rings. The zero-order chi connectivity index (χ0) is 42.4. The smallest absolute Gasteiger partial charge is 0.506 e. The maximum absolute atomic E-state index is 12.3. The topological polar surface area (TPSA) is 305 Å². The number of nitrogens with zero attached hydrogens (tertiary/aromatic N) is 4. The number of rotatable bonds is 10. The van der Waals surface area contributed by atoms with E-state index >= 15 is 0 Å². The minimum absolute atomic E-state index is 0. The van der Waals surface area contributed by atoms with Crippen LogP contribution < -0.4 is 94.0 Å². The van der Waals surface area contributed by atoms with Crippen molar-refractivity contribution >= 4 is 86.0 Å². The summed E-state index contributed by atoms with van der Waals surface area (Å²) in [6, 6.07) is 26.7. The summed E-state index contributed by atoms with van der Waals surface area (Å²) in [4.78, 5) is -2.39. The second kappa shape index (κ2) is 22.7. The van der Waals surface area contributed by atoms with Crippen LogP contribution in [0, 0.1) is 0 Å². The van der Waals surface area contributed by atoms with Crippen molar-refractivity contribution in [2.75, 3.05) is 5.32 Å². The minimum atomic E-state index is -5.07. The van der Waals surface area contributed by atoms with Gasteiger partial charge in [-0.3, -0.25) is 13.7 Å². The number of hydrogen-bond donors (Lipinski definition) is 8. The van der Waals surface area contributed by atoms with Gasteiger partial charge in [-0.2, -0.15) is 25.3 Å². The monoisotopic (exact) mass is 1050 g/mol. The number of phenolic OH excluding ortho intramolecular Hbond substituents is 4. The van der Waals surface area contributed by atoms with Gasteiger partial charge in [0.2, 0.25) is 0 Å². The molecule has 0 bridgehead atoms. The maximum atomic E-state index is 12.3. The Bertz CT molecular complexity index is 3300. The Morgan fingerprint density at radius 3 is 1.48 bits per heavy atom. The summed E-state index contributed by atoms with van der Waals surface area (Å²) in [5.41, 5.74) is 0.447. The Morgan fingerprint density at radius 2 is 0.969 bits per heavy atom. The maximum Gasteiger partial charge on any atom is 1.00 e. The van der Waals surface area contributed by atoms with Gasteiger partial charge in [-0.1, -0.05) is 42.5 Å².